The van der Waals surface area contributed by atoms with Gasteiger partial charge in [0.1, 0.15) is 35.3 Å². The van der Waals surface area contributed by atoms with Crippen LogP contribution in [0.2, 0.25) is 0 Å². The van der Waals surface area contributed by atoms with Gasteiger partial charge in [0.25, 0.3) is 0 Å². The standard InChI is InChI=1S/C35H35N3O4S/c1-4-11-25(12-5-1)20-39-23-29-31(40-21-26-13-6-2-7-14-26)32(41-22-27-15-8-3-9-16-27)35(42-29)38-19-28-17-10-18-43-34-30(28)33(38)36-24-37-34/h1-9,11-16,19,24,29,31-32,35H,10,17-18,20-23H2/t29-,31-,32+,35-/m1/s1. The van der Waals surface area contributed by atoms with Crippen LogP contribution in [0.3, 0.4) is 0 Å². The highest BCUT2D eigenvalue weighted by Gasteiger charge is 2.48. The van der Waals surface area contributed by atoms with Gasteiger partial charge in [0.05, 0.1) is 31.8 Å². The topological polar surface area (TPSA) is 67.6 Å². The molecule has 0 amide bonds. The van der Waals surface area contributed by atoms with E-state index in [-0.39, 0.29) is 12.2 Å². The largest absolute Gasteiger partial charge is 0.374 e. The molecule has 2 aliphatic heterocycles. The van der Waals surface area contributed by atoms with Crippen molar-refractivity contribution in [3.8, 4) is 0 Å². The van der Waals surface area contributed by atoms with Gasteiger partial charge in [0, 0.05) is 6.20 Å². The maximum Gasteiger partial charge on any atom is 0.164 e. The quantitative estimate of drug-likeness (QED) is 0.157. The van der Waals surface area contributed by atoms with Crippen LogP contribution in [0.25, 0.3) is 11.0 Å². The summed E-state index contributed by atoms with van der Waals surface area (Å²) in [5.74, 6) is 1.06. The summed E-state index contributed by atoms with van der Waals surface area (Å²) < 4.78 is 28.7. The van der Waals surface area contributed by atoms with Crippen LogP contribution >= 0.6 is 11.8 Å². The van der Waals surface area contributed by atoms with E-state index in [0.29, 0.717) is 26.4 Å². The van der Waals surface area contributed by atoms with E-state index < -0.39 is 12.3 Å². The van der Waals surface area contributed by atoms with Crippen molar-refractivity contribution in [3.63, 3.8) is 0 Å². The molecule has 2 aromatic heterocycles. The molecular weight excluding hydrogens is 558 g/mol. The predicted octanol–water partition coefficient (Wildman–Crippen LogP) is 6.75. The minimum atomic E-state index is -0.446. The average Bonchev–Trinajstić information content (AvgIpc) is 3.52. The summed E-state index contributed by atoms with van der Waals surface area (Å²) >= 11 is 1.80. The van der Waals surface area contributed by atoms with Gasteiger partial charge in [0.15, 0.2) is 6.23 Å². The van der Waals surface area contributed by atoms with Crippen LogP contribution in [0.1, 0.15) is 34.9 Å². The number of aromatic nitrogens is 3. The first-order valence-electron chi connectivity index (χ1n) is 14.9. The lowest BCUT2D eigenvalue weighted by atomic mass is 10.1. The minimum Gasteiger partial charge on any atom is -0.374 e. The van der Waals surface area contributed by atoms with E-state index in [1.54, 1.807) is 18.1 Å². The zero-order valence-corrected chi connectivity index (χ0v) is 24.8. The monoisotopic (exact) mass is 593 g/mol. The highest BCUT2D eigenvalue weighted by Crippen LogP contribution is 2.40. The van der Waals surface area contributed by atoms with Crippen molar-refractivity contribution in [1.82, 2.24) is 14.5 Å². The molecule has 1 fully saturated rings. The Morgan fingerprint density at radius 2 is 1.40 bits per heavy atom. The van der Waals surface area contributed by atoms with Gasteiger partial charge in [-0.1, -0.05) is 91.0 Å². The number of rotatable bonds is 11. The Kier molecular flexibility index (Phi) is 8.81. The van der Waals surface area contributed by atoms with E-state index in [1.807, 2.05) is 54.6 Å². The molecule has 0 spiro atoms. The first kappa shape index (κ1) is 28.3. The van der Waals surface area contributed by atoms with Crippen molar-refractivity contribution in [2.24, 2.45) is 0 Å². The van der Waals surface area contributed by atoms with Gasteiger partial charge in [-0.3, -0.25) is 0 Å². The predicted molar refractivity (Wildman–Crippen MR) is 167 cm³/mol. The number of aryl methyl sites for hydroxylation is 1. The van der Waals surface area contributed by atoms with Gasteiger partial charge in [0.2, 0.25) is 0 Å². The Balaban J connectivity index is 1.22. The number of ether oxygens (including phenoxy) is 4. The van der Waals surface area contributed by atoms with Crippen LogP contribution in [-0.2, 0) is 45.2 Å². The first-order valence-corrected chi connectivity index (χ1v) is 15.9. The molecule has 8 heteroatoms. The zero-order chi connectivity index (χ0) is 28.8. The summed E-state index contributed by atoms with van der Waals surface area (Å²) in [6.07, 6.45) is 4.38. The van der Waals surface area contributed by atoms with Crippen molar-refractivity contribution < 1.29 is 18.9 Å². The molecular formula is C35H35N3O4S. The molecule has 2 aliphatic rings. The number of hydrogen-bond donors (Lipinski definition) is 0. The van der Waals surface area contributed by atoms with Gasteiger partial charge in [-0.25, -0.2) is 9.97 Å². The Bertz CT molecular complexity index is 1620. The number of thioether (sulfide) groups is 1. The van der Waals surface area contributed by atoms with Crippen molar-refractivity contribution in [2.45, 2.75) is 62.2 Å². The molecule has 3 aromatic carbocycles. The van der Waals surface area contributed by atoms with Gasteiger partial charge in [-0.2, -0.15) is 0 Å². The van der Waals surface area contributed by atoms with E-state index in [4.69, 9.17) is 23.9 Å². The molecule has 43 heavy (non-hydrogen) atoms. The normalized spacial score (nSPS) is 21.7. The summed E-state index contributed by atoms with van der Waals surface area (Å²) in [7, 11) is 0. The van der Waals surface area contributed by atoms with Crippen LogP contribution in [0.4, 0.5) is 0 Å². The number of nitrogens with zero attached hydrogens (tertiary/aromatic N) is 3. The fourth-order valence-electron chi connectivity index (χ4n) is 5.90. The van der Waals surface area contributed by atoms with Gasteiger partial charge >= 0.3 is 0 Å². The highest BCUT2D eigenvalue weighted by atomic mass is 32.2. The molecule has 7 rings (SSSR count). The molecule has 0 aliphatic carbocycles. The van der Waals surface area contributed by atoms with Gasteiger partial charge in [-0.05, 0) is 40.8 Å². The molecule has 1 saturated heterocycles. The van der Waals surface area contributed by atoms with Crippen molar-refractivity contribution >= 4 is 22.8 Å². The van der Waals surface area contributed by atoms with E-state index in [0.717, 1.165) is 51.3 Å². The van der Waals surface area contributed by atoms with E-state index in [1.165, 1.54) is 5.56 Å². The summed E-state index contributed by atoms with van der Waals surface area (Å²) in [4.78, 5) is 9.38. The first-order chi connectivity index (χ1) is 21.3. The lowest BCUT2D eigenvalue weighted by Crippen LogP contribution is -2.38. The molecule has 220 valence electrons. The molecule has 4 heterocycles. The van der Waals surface area contributed by atoms with E-state index >= 15 is 0 Å². The lowest BCUT2D eigenvalue weighted by Gasteiger charge is -2.26. The maximum atomic E-state index is 6.87. The molecule has 7 nitrogen and oxygen atoms in total. The third kappa shape index (κ3) is 6.39. The van der Waals surface area contributed by atoms with E-state index in [2.05, 4.69) is 52.1 Å². The second-order valence-corrected chi connectivity index (χ2v) is 12.1. The zero-order valence-electron chi connectivity index (χ0n) is 24.0. The van der Waals surface area contributed by atoms with Crippen molar-refractivity contribution in [3.05, 3.63) is 126 Å². The molecule has 0 radical (unpaired) electrons. The SMILES string of the molecule is c1ccc(COC[C@H]2O[C@@H](n3cc4c5c(ncnc53)SCCC4)[C@@H](OCc3ccccc3)[C@@H]2OCc2ccccc2)cc1. The summed E-state index contributed by atoms with van der Waals surface area (Å²) in [5, 5.41) is 2.16. The Morgan fingerprint density at radius 3 is 2.07 bits per heavy atom. The lowest BCUT2D eigenvalue weighted by molar-refractivity contribution is -0.0913. The van der Waals surface area contributed by atoms with E-state index in [9.17, 15) is 0 Å². The Hall–Kier alpha value is -3.53. The summed E-state index contributed by atoms with van der Waals surface area (Å²) in [6, 6.07) is 30.7. The minimum absolute atomic E-state index is 0.345. The fraction of sp³-hybridized carbons (Fsp3) is 0.314. The highest BCUT2D eigenvalue weighted by molar-refractivity contribution is 7.99. The second-order valence-electron chi connectivity index (χ2n) is 11.0. The van der Waals surface area contributed by atoms with Crippen LogP contribution in [-0.4, -0.2) is 45.2 Å². The number of benzene rings is 3. The fourth-order valence-corrected chi connectivity index (χ4v) is 6.87. The van der Waals surface area contributed by atoms with Gasteiger partial charge in [-0.15, -0.1) is 11.8 Å². The number of hydrogen-bond acceptors (Lipinski definition) is 7. The maximum absolute atomic E-state index is 6.87. The summed E-state index contributed by atoms with van der Waals surface area (Å²) in [6.45, 7) is 1.76. The molecule has 0 N–H and O–H groups in total. The third-order valence-corrected chi connectivity index (χ3v) is 9.08. The Labute approximate surface area is 256 Å². The van der Waals surface area contributed by atoms with Crippen LogP contribution in [0.15, 0.2) is 109 Å². The van der Waals surface area contributed by atoms with Crippen molar-refractivity contribution in [1.29, 1.82) is 0 Å². The van der Waals surface area contributed by atoms with Crippen LogP contribution in [0.5, 0.6) is 0 Å². The molecule has 4 atom stereocenters. The van der Waals surface area contributed by atoms with Gasteiger partial charge < -0.3 is 23.5 Å². The molecule has 5 aromatic rings. The average molecular weight is 594 g/mol. The van der Waals surface area contributed by atoms with Crippen LogP contribution in [0, 0.1) is 0 Å². The molecule has 0 bridgehead atoms. The molecule has 0 saturated carbocycles. The summed E-state index contributed by atoms with van der Waals surface area (Å²) in [5.41, 5.74) is 5.45. The third-order valence-electron chi connectivity index (χ3n) is 8.01. The second kappa shape index (κ2) is 13.4. The Morgan fingerprint density at radius 1 is 0.767 bits per heavy atom. The van der Waals surface area contributed by atoms with Crippen LogP contribution < -0.4 is 0 Å². The smallest absolute Gasteiger partial charge is 0.164 e. The molecule has 0 unspecified atom stereocenters. The van der Waals surface area contributed by atoms with Crippen molar-refractivity contribution in [2.75, 3.05) is 12.4 Å².